The Morgan fingerprint density at radius 3 is 2.40 bits per heavy atom. The van der Waals surface area contributed by atoms with Gasteiger partial charge >= 0.3 is 5.97 Å². The SMILES string of the molecule is CNc1nccc(N2CCc3cc(-c4c(C)nc(C)c(C(OC(C)(C)C)C(=O)O)c4N4CCC(C)(C)CC4)ccc3C2)n1. The Morgan fingerprint density at radius 2 is 1.74 bits per heavy atom. The zero-order valence-corrected chi connectivity index (χ0v) is 26.9. The molecule has 9 nitrogen and oxygen atoms in total. The lowest BCUT2D eigenvalue weighted by atomic mass is 9.81. The van der Waals surface area contributed by atoms with E-state index >= 15 is 0 Å². The lowest BCUT2D eigenvalue weighted by Crippen LogP contribution is -2.39. The van der Waals surface area contributed by atoms with E-state index < -0.39 is 17.7 Å². The van der Waals surface area contributed by atoms with Crippen molar-refractivity contribution in [2.24, 2.45) is 5.41 Å². The largest absolute Gasteiger partial charge is 0.479 e. The normalized spacial score (nSPS) is 17.4. The van der Waals surface area contributed by atoms with E-state index in [9.17, 15) is 9.90 Å². The summed E-state index contributed by atoms with van der Waals surface area (Å²) in [4.78, 5) is 31.3. The Bertz CT molecular complexity index is 1500. The standard InChI is InChI=1S/C34H46N6O3/c1-21-27(24-9-10-25-20-40(16-12-23(25)19-24)26-11-15-36-32(35-8)38-26)29(39-17-13-34(6,7)14-18-39)28(22(2)37-21)30(31(41)42)43-33(3,4)5/h9-11,15,19,30H,12-14,16-18,20H2,1-8H3,(H,41,42)(H,35,36,38). The molecule has 230 valence electrons. The van der Waals surface area contributed by atoms with Gasteiger partial charge < -0.3 is 25.0 Å². The lowest BCUT2D eigenvalue weighted by Gasteiger charge is -2.41. The van der Waals surface area contributed by atoms with Crippen molar-refractivity contribution in [3.8, 4) is 11.1 Å². The third-order valence-corrected chi connectivity index (χ3v) is 8.67. The second kappa shape index (κ2) is 11.8. The topological polar surface area (TPSA) is 104 Å². The fraction of sp³-hybridized carbons (Fsp3) is 0.529. The van der Waals surface area contributed by atoms with Gasteiger partial charge in [-0.3, -0.25) is 4.98 Å². The number of piperidine rings is 1. The summed E-state index contributed by atoms with van der Waals surface area (Å²) in [5, 5.41) is 13.5. The van der Waals surface area contributed by atoms with Crippen LogP contribution in [-0.2, 0) is 22.5 Å². The van der Waals surface area contributed by atoms with Gasteiger partial charge in [-0.1, -0.05) is 32.0 Å². The Kier molecular flexibility index (Phi) is 8.40. The van der Waals surface area contributed by atoms with E-state index in [-0.39, 0.29) is 5.41 Å². The number of nitrogens with one attached hydrogen (secondary N) is 1. The van der Waals surface area contributed by atoms with Crippen LogP contribution >= 0.6 is 0 Å². The van der Waals surface area contributed by atoms with Crippen LogP contribution in [0, 0.1) is 19.3 Å². The number of carbonyl (C=O) groups is 1. The summed E-state index contributed by atoms with van der Waals surface area (Å²) in [6.45, 7) is 17.6. The number of carboxylic acid groups (broad SMARTS) is 1. The second-order valence-electron chi connectivity index (χ2n) is 13.7. The number of benzene rings is 1. The molecule has 1 saturated heterocycles. The molecule has 43 heavy (non-hydrogen) atoms. The van der Waals surface area contributed by atoms with Crippen LogP contribution in [0.1, 0.15) is 81.6 Å². The molecule has 0 amide bonds. The van der Waals surface area contributed by atoms with Gasteiger partial charge in [-0.05, 0) is 82.1 Å². The Hall–Kier alpha value is -3.72. The van der Waals surface area contributed by atoms with E-state index in [1.54, 1.807) is 6.20 Å². The smallest absolute Gasteiger partial charge is 0.337 e. The molecule has 9 heteroatoms. The van der Waals surface area contributed by atoms with Gasteiger partial charge in [0.1, 0.15) is 5.82 Å². The molecule has 4 heterocycles. The highest BCUT2D eigenvalue weighted by molar-refractivity contribution is 5.88. The van der Waals surface area contributed by atoms with Gasteiger partial charge in [0.15, 0.2) is 6.10 Å². The molecule has 1 aromatic carbocycles. The van der Waals surface area contributed by atoms with Crippen molar-refractivity contribution in [2.45, 2.75) is 86.0 Å². The highest BCUT2D eigenvalue weighted by atomic mass is 16.5. The number of hydrogen-bond acceptors (Lipinski definition) is 8. The third kappa shape index (κ3) is 6.61. The Labute approximate surface area is 255 Å². The van der Waals surface area contributed by atoms with Gasteiger partial charge in [-0.15, -0.1) is 0 Å². The minimum absolute atomic E-state index is 0.247. The van der Waals surface area contributed by atoms with Crippen LogP contribution in [0.5, 0.6) is 0 Å². The number of nitrogens with zero attached hydrogens (tertiary/aromatic N) is 5. The molecule has 1 atom stereocenters. The molecule has 1 fully saturated rings. The molecule has 5 rings (SSSR count). The van der Waals surface area contributed by atoms with Gasteiger partial charge in [0.05, 0.1) is 11.3 Å². The number of rotatable bonds is 7. The summed E-state index contributed by atoms with van der Waals surface area (Å²) >= 11 is 0. The fourth-order valence-electron chi connectivity index (χ4n) is 6.30. The van der Waals surface area contributed by atoms with E-state index in [0.29, 0.717) is 17.2 Å². The van der Waals surface area contributed by atoms with E-state index in [4.69, 9.17) is 9.72 Å². The highest BCUT2D eigenvalue weighted by Crippen LogP contribution is 2.45. The van der Waals surface area contributed by atoms with E-state index in [2.05, 4.69) is 57.1 Å². The minimum Gasteiger partial charge on any atom is -0.479 e. The van der Waals surface area contributed by atoms with E-state index in [0.717, 1.165) is 73.8 Å². The van der Waals surface area contributed by atoms with Gasteiger partial charge in [0.2, 0.25) is 5.95 Å². The third-order valence-electron chi connectivity index (χ3n) is 8.67. The van der Waals surface area contributed by atoms with Crippen molar-refractivity contribution >= 4 is 23.4 Å². The zero-order valence-electron chi connectivity index (χ0n) is 26.9. The average Bonchev–Trinajstić information content (AvgIpc) is 2.95. The van der Waals surface area contributed by atoms with Crippen LogP contribution in [0.3, 0.4) is 0 Å². The average molecular weight is 587 g/mol. The van der Waals surface area contributed by atoms with Crippen molar-refractivity contribution in [1.29, 1.82) is 0 Å². The molecule has 3 aromatic rings. The first kappa shape index (κ1) is 30.7. The van der Waals surface area contributed by atoms with Crippen LogP contribution in [0.2, 0.25) is 0 Å². The molecule has 2 aliphatic rings. The molecule has 0 spiro atoms. The van der Waals surface area contributed by atoms with Gasteiger partial charge in [0.25, 0.3) is 0 Å². The van der Waals surface area contributed by atoms with Crippen molar-refractivity contribution in [1.82, 2.24) is 15.0 Å². The summed E-state index contributed by atoms with van der Waals surface area (Å²) in [7, 11) is 1.83. The Morgan fingerprint density at radius 1 is 1.02 bits per heavy atom. The van der Waals surface area contributed by atoms with Crippen LogP contribution in [-0.4, -0.2) is 58.3 Å². The molecule has 2 N–H and O–H groups in total. The fourth-order valence-corrected chi connectivity index (χ4v) is 6.30. The highest BCUT2D eigenvalue weighted by Gasteiger charge is 2.36. The minimum atomic E-state index is -1.13. The number of carboxylic acids is 1. The summed E-state index contributed by atoms with van der Waals surface area (Å²) in [6, 6.07) is 8.61. The maximum absolute atomic E-state index is 12.8. The molecular weight excluding hydrogens is 540 g/mol. The van der Waals surface area contributed by atoms with Crippen LogP contribution in [0.25, 0.3) is 11.1 Å². The number of pyridine rings is 1. The number of aromatic nitrogens is 3. The first-order valence-electron chi connectivity index (χ1n) is 15.3. The predicted octanol–water partition coefficient (Wildman–Crippen LogP) is 6.33. The first-order chi connectivity index (χ1) is 20.3. The number of aliphatic carboxylic acids is 1. The summed E-state index contributed by atoms with van der Waals surface area (Å²) in [5.41, 5.74) is 7.46. The molecule has 0 bridgehead atoms. The maximum Gasteiger partial charge on any atom is 0.337 e. The van der Waals surface area contributed by atoms with E-state index in [1.165, 1.54) is 11.1 Å². The summed E-state index contributed by atoms with van der Waals surface area (Å²) in [5.74, 6) is 0.525. The second-order valence-corrected chi connectivity index (χ2v) is 13.7. The van der Waals surface area contributed by atoms with Crippen molar-refractivity contribution < 1.29 is 14.6 Å². The lowest BCUT2D eigenvalue weighted by molar-refractivity contribution is -0.160. The summed E-state index contributed by atoms with van der Waals surface area (Å²) in [6.07, 6.45) is 3.60. The van der Waals surface area contributed by atoms with Crippen LogP contribution < -0.4 is 15.1 Å². The number of ether oxygens (including phenoxy) is 1. The Balaban J connectivity index is 1.60. The quantitative estimate of drug-likeness (QED) is 0.329. The number of aryl methyl sites for hydroxylation is 2. The summed E-state index contributed by atoms with van der Waals surface area (Å²) < 4.78 is 6.24. The van der Waals surface area contributed by atoms with Crippen molar-refractivity contribution in [2.75, 3.05) is 41.8 Å². The van der Waals surface area contributed by atoms with Crippen molar-refractivity contribution in [3.63, 3.8) is 0 Å². The molecule has 2 aromatic heterocycles. The number of hydrogen-bond donors (Lipinski definition) is 2. The van der Waals surface area contributed by atoms with Crippen LogP contribution in [0.15, 0.2) is 30.5 Å². The predicted molar refractivity (Wildman–Crippen MR) is 172 cm³/mol. The molecule has 0 aliphatic carbocycles. The van der Waals surface area contributed by atoms with Gasteiger partial charge in [-0.2, -0.15) is 4.98 Å². The van der Waals surface area contributed by atoms with E-state index in [1.807, 2.05) is 47.7 Å². The molecular formula is C34H46N6O3. The maximum atomic E-state index is 12.8. The molecule has 1 unspecified atom stereocenters. The molecule has 0 saturated carbocycles. The zero-order chi connectivity index (χ0) is 31.1. The molecule has 0 radical (unpaired) electrons. The first-order valence-corrected chi connectivity index (χ1v) is 15.3. The van der Waals surface area contributed by atoms with Gasteiger partial charge in [0, 0.05) is 61.9 Å². The van der Waals surface area contributed by atoms with Gasteiger partial charge in [-0.25, -0.2) is 9.78 Å². The monoisotopic (exact) mass is 586 g/mol. The number of fused-ring (bicyclic) bond motifs is 1. The van der Waals surface area contributed by atoms with Crippen LogP contribution in [0.4, 0.5) is 17.5 Å². The number of anilines is 3. The van der Waals surface area contributed by atoms with Crippen molar-refractivity contribution in [3.05, 3.63) is 58.5 Å². The molecule has 2 aliphatic heterocycles.